The Hall–Kier alpha value is 0.0700. The third kappa shape index (κ3) is 7.03. The van der Waals surface area contributed by atoms with E-state index in [9.17, 15) is 4.57 Å². The van der Waals surface area contributed by atoms with Crippen LogP contribution >= 0.6 is 8.18 Å². The van der Waals surface area contributed by atoms with Gasteiger partial charge in [0.15, 0.2) is 0 Å². The van der Waals surface area contributed by atoms with E-state index in [1.54, 1.807) is 18.8 Å². The van der Waals surface area contributed by atoms with E-state index in [4.69, 9.17) is 15.0 Å². The molecule has 0 fully saturated rings. The minimum Gasteiger partial charge on any atom is -0.372 e. The van der Waals surface area contributed by atoms with Crippen LogP contribution < -0.4 is 5.73 Å². The molecule has 5 nitrogen and oxygen atoms in total. The number of ether oxygens (including phenoxy) is 1. The number of rotatable bonds is 8. The second-order valence-electron chi connectivity index (χ2n) is 3.68. The topological polar surface area (TPSA) is 64.8 Å². The van der Waals surface area contributed by atoms with Crippen molar-refractivity contribution in [1.82, 2.24) is 4.67 Å². The molecule has 6 heteroatoms. The SMILES string of the molecule is CC[C@H](C)O[C@@H](CN)CO[PH](=O)N(C)C. The Morgan fingerprint density at radius 2 is 2.07 bits per heavy atom. The molecule has 0 amide bonds. The fraction of sp³-hybridized carbons (Fsp3) is 1.00. The second-order valence-corrected chi connectivity index (χ2v) is 5.40. The molecule has 0 bridgehead atoms. The average Bonchev–Trinajstić information content (AvgIpc) is 2.22. The van der Waals surface area contributed by atoms with Crippen LogP contribution in [0.1, 0.15) is 20.3 Å². The summed E-state index contributed by atoms with van der Waals surface area (Å²) in [5.41, 5.74) is 5.53. The first-order chi connectivity index (χ1) is 7.01. The van der Waals surface area contributed by atoms with Crippen LogP contribution in [0.15, 0.2) is 0 Å². The van der Waals surface area contributed by atoms with Crippen molar-refractivity contribution in [1.29, 1.82) is 0 Å². The molecule has 0 saturated carbocycles. The van der Waals surface area contributed by atoms with Crippen molar-refractivity contribution in [3.63, 3.8) is 0 Å². The van der Waals surface area contributed by atoms with Crippen molar-refractivity contribution < 1.29 is 13.8 Å². The summed E-state index contributed by atoms with van der Waals surface area (Å²) in [6.07, 6.45) is 0.914. The number of hydrogen-bond acceptors (Lipinski definition) is 4. The van der Waals surface area contributed by atoms with Crippen LogP contribution in [0.25, 0.3) is 0 Å². The van der Waals surface area contributed by atoms with Gasteiger partial charge in [-0.3, -0.25) is 4.57 Å². The van der Waals surface area contributed by atoms with Crippen molar-refractivity contribution in [2.24, 2.45) is 5.73 Å². The fourth-order valence-corrected chi connectivity index (χ4v) is 1.47. The Morgan fingerprint density at radius 1 is 1.47 bits per heavy atom. The highest BCUT2D eigenvalue weighted by Crippen LogP contribution is 2.24. The van der Waals surface area contributed by atoms with Crippen LogP contribution in [-0.2, 0) is 13.8 Å². The molecule has 3 atom stereocenters. The van der Waals surface area contributed by atoms with Gasteiger partial charge in [-0.2, -0.15) is 0 Å². The van der Waals surface area contributed by atoms with E-state index >= 15 is 0 Å². The first-order valence-electron chi connectivity index (χ1n) is 5.20. The van der Waals surface area contributed by atoms with Gasteiger partial charge in [0.05, 0.1) is 18.8 Å². The third-order valence-corrected chi connectivity index (χ3v) is 3.16. The van der Waals surface area contributed by atoms with Crippen LogP contribution in [-0.4, -0.2) is 44.1 Å². The lowest BCUT2D eigenvalue weighted by Gasteiger charge is -2.21. The smallest absolute Gasteiger partial charge is 0.260 e. The highest BCUT2D eigenvalue weighted by Gasteiger charge is 2.13. The van der Waals surface area contributed by atoms with E-state index in [0.29, 0.717) is 6.54 Å². The van der Waals surface area contributed by atoms with E-state index in [0.717, 1.165) is 6.42 Å². The van der Waals surface area contributed by atoms with E-state index in [-0.39, 0.29) is 18.8 Å². The van der Waals surface area contributed by atoms with E-state index in [2.05, 4.69) is 0 Å². The predicted octanol–water partition coefficient (Wildman–Crippen LogP) is 1.10. The van der Waals surface area contributed by atoms with Gasteiger partial charge in [-0.1, -0.05) is 6.92 Å². The van der Waals surface area contributed by atoms with E-state index in [1.165, 1.54) is 0 Å². The third-order valence-electron chi connectivity index (χ3n) is 2.02. The highest BCUT2D eigenvalue weighted by atomic mass is 31.1. The maximum absolute atomic E-state index is 11.3. The number of hydrogen-bond donors (Lipinski definition) is 1. The van der Waals surface area contributed by atoms with Crippen molar-refractivity contribution >= 4 is 8.18 Å². The fourth-order valence-electron chi connectivity index (χ4n) is 0.881. The summed E-state index contributed by atoms with van der Waals surface area (Å²) >= 11 is 0. The van der Waals surface area contributed by atoms with Gasteiger partial charge in [-0.15, -0.1) is 0 Å². The van der Waals surface area contributed by atoms with Gasteiger partial charge in [0, 0.05) is 6.54 Å². The number of nitrogens with two attached hydrogens (primary N) is 1. The minimum absolute atomic E-state index is 0.156. The molecule has 15 heavy (non-hydrogen) atoms. The average molecular weight is 238 g/mol. The number of nitrogens with zero attached hydrogens (tertiary/aromatic N) is 1. The maximum atomic E-state index is 11.3. The quantitative estimate of drug-likeness (QED) is 0.641. The molecule has 0 aliphatic carbocycles. The molecule has 0 aromatic carbocycles. The van der Waals surface area contributed by atoms with Gasteiger partial charge in [0.25, 0.3) is 8.18 Å². The maximum Gasteiger partial charge on any atom is 0.260 e. The van der Waals surface area contributed by atoms with Gasteiger partial charge < -0.3 is 15.0 Å². The van der Waals surface area contributed by atoms with Crippen molar-refractivity contribution in [3.8, 4) is 0 Å². The van der Waals surface area contributed by atoms with Gasteiger partial charge >= 0.3 is 0 Å². The van der Waals surface area contributed by atoms with Gasteiger partial charge in [-0.25, -0.2) is 4.67 Å². The van der Waals surface area contributed by atoms with Crippen molar-refractivity contribution in [2.75, 3.05) is 27.2 Å². The lowest BCUT2D eigenvalue weighted by Crippen LogP contribution is -2.31. The summed E-state index contributed by atoms with van der Waals surface area (Å²) in [5, 5.41) is 0. The summed E-state index contributed by atoms with van der Waals surface area (Å²) in [6, 6.07) is 0. The van der Waals surface area contributed by atoms with Gasteiger partial charge in [-0.05, 0) is 27.4 Å². The highest BCUT2D eigenvalue weighted by molar-refractivity contribution is 7.36. The lowest BCUT2D eigenvalue weighted by atomic mass is 10.3. The molecule has 0 aliphatic rings. The molecular weight excluding hydrogens is 215 g/mol. The molecule has 0 saturated heterocycles. The molecule has 0 aromatic heterocycles. The first kappa shape index (κ1) is 15.1. The summed E-state index contributed by atoms with van der Waals surface area (Å²) in [6.45, 7) is 4.70. The standard InChI is InChI=1S/C9H23N2O3P/c1-5-8(2)14-9(6-10)7-13-15(12)11(3)4/h8-9,15H,5-7,10H2,1-4H3/t8-,9-/m0/s1. The minimum atomic E-state index is -2.11. The van der Waals surface area contributed by atoms with Crippen LogP contribution in [0.4, 0.5) is 0 Å². The monoisotopic (exact) mass is 238 g/mol. The van der Waals surface area contributed by atoms with E-state index in [1.807, 2.05) is 13.8 Å². The lowest BCUT2D eigenvalue weighted by molar-refractivity contribution is -0.0211. The van der Waals surface area contributed by atoms with Crippen LogP contribution in [0, 0.1) is 0 Å². The Morgan fingerprint density at radius 3 is 2.47 bits per heavy atom. The molecule has 0 radical (unpaired) electrons. The molecular formula is C9H23N2O3P. The van der Waals surface area contributed by atoms with Gasteiger partial charge in [0.2, 0.25) is 0 Å². The molecule has 0 spiro atoms. The Balaban J connectivity index is 3.84. The molecule has 0 aliphatic heterocycles. The molecule has 0 heterocycles. The van der Waals surface area contributed by atoms with Crippen molar-refractivity contribution in [3.05, 3.63) is 0 Å². The first-order valence-corrected chi connectivity index (χ1v) is 6.47. The molecule has 0 rings (SSSR count). The molecule has 0 aromatic rings. The summed E-state index contributed by atoms with van der Waals surface area (Å²) in [5.74, 6) is 0. The summed E-state index contributed by atoms with van der Waals surface area (Å²) < 4.78 is 23.6. The predicted molar refractivity (Wildman–Crippen MR) is 62.3 cm³/mol. The van der Waals surface area contributed by atoms with Crippen LogP contribution in [0.2, 0.25) is 0 Å². The van der Waals surface area contributed by atoms with E-state index < -0.39 is 8.18 Å². The largest absolute Gasteiger partial charge is 0.372 e. The zero-order valence-electron chi connectivity index (χ0n) is 10.0. The summed E-state index contributed by atoms with van der Waals surface area (Å²) in [4.78, 5) is 0. The molecule has 1 unspecified atom stereocenters. The van der Waals surface area contributed by atoms with Crippen LogP contribution in [0.5, 0.6) is 0 Å². The molecule has 2 N–H and O–H groups in total. The molecule has 92 valence electrons. The summed E-state index contributed by atoms with van der Waals surface area (Å²) in [7, 11) is 1.33. The van der Waals surface area contributed by atoms with Crippen LogP contribution in [0.3, 0.4) is 0 Å². The zero-order valence-corrected chi connectivity index (χ0v) is 11.0. The Bertz CT molecular complexity index is 190. The Labute approximate surface area is 92.8 Å². The van der Waals surface area contributed by atoms with Gasteiger partial charge in [0.1, 0.15) is 0 Å². The van der Waals surface area contributed by atoms with Crippen molar-refractivity contribution in [2.45, 2.75) is 32.5 Å². The Kier molecular flexibility index (Phi) is 8.29. The second kappa shape index (κ2) is 8.25. The zero-order chi connectivity index (χ0) is 11.8. The normalized spacial score (nSPS) is 17.7.